The van der Waals surface area contributed by atoms with Gasteiger partial charge < -0.3 is 19.9 Å². The average molecular weight is 387 g/mol. The lowest BCUT2D eigenvalue weighted by Gasteiger charge is -2.38. The zero-order valence-electron chi connectivity index (χ0n) is 16.5. The van der Waals surface area contributed by atoms with Crippen molar-refractivity contribution in [2.24, 2.45) is 5.41 Å². The number of urea groups is 1. The molecule has 1 spiro atoms. The van der Waals surface area contributed by atoms with Crippen molar-refractivity contribution in [3.63, 3.8) is 0 Å². The van der Waals surface area contributed by atoms with Crippen LogP contribution < -0.4 is 5.32 Å². The molecule has 0 bridgehead atoms. The topological polar surface area (TPSA) is 79.0 Å². The van der Waals surface area contributed by atoms with E-state index in [0.29, 0.717) is 19.5 Å². The molecule has 1 aromatic carbocycles. The van der Waals surface area contributed by atoms with E-state index in [1.54, 1.807) is 4.90 Å². The molecule has 28 heavy (non-hydrogen) atoms. The Bertz CT molecular complexity index is 699. The summed E-state index contributed by atoms with van der Waals surface area (Å²) < 4.78 is 4.53. The van der Waals surface area contributed by atoms with Crippen LogP contribution >= 0.6 is 0 Å². The summed E-state index contributed by atoms with van der Waals surface area (Å²) in [6, 6.07) is 10.1. The zero-order chi connectivity index (χ0) is 20.0. The van der Waals surface area contributed by atoms with E-state index in [9.17, 15) is 14.4 Å². The smallest absolute Gasteiger partial charge is 0.325 e. The van der Waals surface area contributed by atoms with Crippen molar-refractivity contribution in [1.82, 2.24) is 15.1 Å². The number of hydrogen-bond donors (Lipinski definition) is 1. The van der Waals surface area contributed by atoms with Crippen molar-refractivity contribution in [2.45, 2.75) is 32.1 Å². The third-order valence-electron chi connectivity index (χ3n) is 5.86. The van der Waals surface area contributed by atoms with Crippen LogP contribution in [0.4, 0.5) is 4.79 Å². The highest BCUT2D eigenvalue weighted by atomic mass is 16.5. The molecule has 3 rings (SSSR count). The molecule has 0 aromatic heterocycles. The monoisotopic (exact) mass is 387 g/mol. The van der Waals surface area contributed by atoms with Crippen LogP contribution in [0.1, 0.15) is 31.2 Å². The van der Waals surface area contributed by atoms with Crippen LogP contribution in [-0.4, -0.2) is 67.5 Å². The Morgan fingerprint density at radius 1 is 1.18 bits per heavy atom. The van der Waals surface area contributed by atoms with Gasteiger partial charge in [-0.2, -0.15) is 0 Å². The number of amides is 3. The van der Waals surface area contributed by atoms with Gasteiger partial charge in [-0.25, -0.2) is 4.79 Å². The maximum absolute atomic E-state index is 12.5. The molecule has 0 aliphatic carbocycles. The minimum absolute atomic E-state index is 0.0110. The van der Waals surface area contributed by atoms with E-state index in [1.807, 2.05) is 23.1 Å². The summed E-state index contributed by atoms with van der Waals surface area (Å²) in [6.07, 6.45) is 4.16. The number of piperidine rings is 1. The summed E-state index contributed by atoms with van der Waals surface area (Å²) in [7, 11) is 1.29. The Morgan fingerprint density at radius 2 is 1.89 bits per heavy atom. The van der Waals surface area contributed by atoms with Crippen molar-refractivity contribution in [3.8, 4) is 0 Å². The minimum atomic E-state index is -0.464. The van der Waals surface area contributed by atoms with E-state index in [2.05, 4.69) is 22.2 Å². The number of aryl methyl sites for hydroxylation is 1. The molecule has 1 aromatic rings. The van der Waals surface area contributed by atoms with E-state index < -0.39 is 5.97 Å². The van der Waals surface area contributed by atoms with E-state index in [4.69, 9.17) is 0 Å². The Labute approximate surface area is 166 Å². The van der Waals surface area contributed by atoms with E-state index in [1.165, 1.54) is 12.7 Å². The van der Waals surface area contributed by atoms with Crippen LogP contribution in [0.25, 0.3) is 0 Å². The lowest BCUT2D eigenvalue weighted by atomic mass is 9.77. The first-order valence-electron chi connectivity index (χ1n) is 9.93. The predicted octanol–water partition coefficient (Wildman–Crippen LogP) is 1.82. The van der Waals surface area contributed by atoms with Gasteiger partial charge in [0.1, 0.15) is 6.54 Å². The number of esters is 1. The maximum Gasteiger partial charge on any atom is 0.325 e. The first kappa shape index (κ1) is 20.2. The van der Waals surface area contributed by atoms with Gasteiger partial charge in [-0.05, 0) is 31.2 Å². The zero-order valence-corrected chi connectivity index (χ0v) is 16.5. The van der Waals surface area contributed by atoms with Gasteiger partial charge in [0.05, 0.1) is 7.11 Å². The largest absolute Gasteiger partial charge is 0.468 e. The molecular weight excluding hydrogens is 358 g/mol. The number of hydrogen-bond acceptors (Lipinski definition) is 4. The van der Waals surface area contributed by atoms with Gasteiger partial charge in [-0.3, -0.25) is 9.59 Å². The van der Waals surface area contributed by atoms with Crippen LogP contribution in [0, 0.1) is 5.41 Å². The van der Waals surface area contributed by atoms with Gasteiger partial charge >= 0.3 is 12.0 Å². The first-order chi connectivity index (χ1) is 13.5. The number of likely N-dealkylation sites (tertiary alicyclic amines) is 2. The number of nitrogens with one attached hydrogen (secondary N) is 1. The molecule has 2 saturated heterocycles. The third kappa shape index (κ3) is 5.03. The second-order valence-electron chi connectivity index (χ2n) is 7.80. The van der Waals surface area contributed by atoms with Crippen molar-refractivity contribution >= 4 is 17.9 Å². The molecule has 1 N–H and O–H groups in total. The number of methoxy groups -OCH3 is 1. The summed E-state index contributed by atoms with van der Waals surface area (Å²) in [5, 5.41) is 2.58. The number of carbonyl (C=O) groups excluding carboxylic acids is 3. The fraction of sp³-hybridized carbons (Fsp3) is 0.571. The SMILES string of the molecule is COC(=O)CNC(=O)N1CCC2(CC1)CC(=O)N(CCCc1ccccc1)C2. The van der Waals surface area contributed by atoms with Crippen LogP contribution in [0.5, 0.6) is 0 Å². The number of carbonyl (C=O) groups is 3. The summed E-state index contributed by atoms with van der Waals surface area (Å²) in [5.41, 5.74) is 1.29. The van der Waals surface area contributed by atoms with Gasteiger partial charge in [0.15, 0.2) is 0 Å². The Kier molecular flexibility index (Phi) is 6.54. The minimum Gasteiger partial charge on any atom is -0.468 e. The van der Waals surface area contributed by atoms with Gasteiger partial charge in [0, 0.05) is 38.0 Å². The second kappa shape index (κ2) is 9.08. The average Bonchev–Trinajstić information content (AvgIpc) is 3.02. The van der Waals surface area contributed by atoms with Crippen LogP contribution in [0.2, 0.25) is 0 Å². The summed E-state index contributed by atoms with van der Waals surface area (Å²) in [6.45, 7) is 2.68. The number of ether oxygens (including phenoxy) is 1. The number of benzene rings is 1. The molecule has 7 nitrogen and oxygen atoms in total. The van der Waals surface area contributed by atoms with Crippen molar-refractivity contribution < 1.29 is 19.1 Å². The third-order valence-corrected chi connectivity index (χ3v) is 5.86. The van der Waals surface area contributed by atoms with Gasteiger partial charge in [0.2, 0.25) is 5.91 Å². The van der Waals surface area contributed by atoms with Gasteiger partial charge in [-0.1, -0.05) is 30.3 Å². The molecule has 2 aliphatic rings. The Morgan fingerprint density at radius 3 is 2.57 bits per heavy atom. The number of nitrogens with zero attached hydrogens (tertiary/aromatic N) is 2. The molecule has 3 amide bonds. The van der Waals surface area contributed by atoms with Crippen molar-refractivity contribution in [2.75, 3.05) is 39.8 Å². The standard InChI is InChI=1S/C21H29N3O4/c1-28-19(26)15-22-20(27)23-12-9-21(10-13-23)14-18(25)24(16-21)11-5-8-17-6-3-2-4-7-17/h2-4,6-7H,5,8-16H2,1H3,(H,22,27). The normalized spacial score (nSPS) is 18.4. The van der Waals surface area contributed by atoms with E-state index in [-0.39, 0.29) is 23.9 Å². The fourth-order valence-corrected chi connectivity index (χ4v) is 4.15. The Hall–Kier alpha value is -2.57. The highest BCUT2D eigenvalue weighted by Gasteiger charge is 2.45. The van der Waals surface area contributed by atoms with Crippen molar-refractivity contribution in [1.29, 1.82) is 0 Å². The molecule has 0 radical (unpaired) electrons. The summed E-state index contributed by atoms with van der Waals surface area (Å²) >= 11 is 0. The van der Waals surface area contributed by atoms with Crippen LogP contribution in [-0.2, 0) is 20.7 Å². The summed E-state index contributed by atoms with van der Waals surface area (Å²) in [5.74, 6) is -0.231. The van der Waals surface area contributed by atoms with Crippen LogP contribution in [0.15, 0.2) is 30.3 Å². The molecule has 0 unspecified atom stereocenters. The first-order valence-corrected chi connectivity index (χ1v) is 9.93. The van der Waals surface area contributed by atoms with Crippen LogP contribution in [0.3, 0.4) is 0 Å². The summed E-state index contributed by atoms with van der Waals surface area (Å²) in [4.78, 5) is 39.5. The lowest BCUT2D eigenvalue weighted by Crippen LogP contribution is -2.49. The van der Waals surface area contributed by atoms with Gasteiger partial charge in [-0.15, -0.1) is 0 Å². The fourth-order valence-electron chi connectivity index (χ4n) is 4.15. The van der Waals surface area contributed by atoms with Crippen molar-refractivity contribution in [3.05, 3.63) is 35.9 Å². The molecule has 2 aliphatic heterocycles. The molecule has 0 atom stereocenters. The lowest BCUT2D eigenvalue weighted by molar-refractivity contribution is -0.139. The maximum atomic E-state index is 12.5. The van der Waals surface area contributed by atoms with Gasteiger partial charge in [0.25, 0.3) is 0 Å². The second-order valence-corrected chi connectivity index (χ2v) is 7.80. The predicted molar refractivity (Wildman–Crippen MR) is 105 cm³/mol. The quantitative estimate of drug-likeness (QED) is 0.755. The highest BCUT2D eigenvalue weighted by Crippen LogP contribution is 2.41. The molecule has 7 heteroatoms. The number of rotatable bonds is 6. The Balaban J connectivity index is 1.43. The van der Waals surface area contributed by atoms with E-state index >= 15 is 0 Å². The highest BCUT2D eigenvalue weighted by molar-refractivity contribution is 5.81. The molecule has 0 saturated carbocycles. The molecule has 2 heterocycles. The molecular formula is C21H29N3O4. The molecule has 152 valence electrons. The molecule has 2 fully saturated rings. The van der Waals surface area contributed by atoms with E-state index in [0.717, 1.165) is 38.8 Å².